The highest BCUT2D eigenvalue weighted by Crippen LogP contribution is 2.27. The van der Waals surface area contributed by atoms with E-state index >= 15 is 0 Å². The molecule has 0 saturated carbocycles. The molecule has 0 bridgehead atoms. The summed E-state index contributed by atoms with van der Waals surface area (Å²) in [5.41, 5.74) is 2.16. The van der Waals surface area contributed by atoms with E-state index in [1.54, 1.807) is 31.2 Å². The Morgan fingerprint density at radius 3 is 2.32 bits per heavy atom. The quantitative estimate of drug-likeness (QED) is 0.593. The first-order valence-electron chi connectivity index (χ1n) is 8.75. The number of aromatic hydroxyl groups is 1. The number of ether oxygens (including phenoxy) is 2. The lowest BCUT2D eigenvalue weighted by Gasteiger charge is -2.25. The van der Waals surface area contributed by atoms with Crippen LogP contribution in [-0.2, 0) is 14.3 Å². The van der Waals surface area contributed by atoms with Crippen LogP contribution in [0.5, 0.6) is 5.75 Å². The number of hydrogen-bond acceptors (Lipinski definition) is 5. The molecule has 0 aliphatic rings. The van der Waals surface area contributed by atoms with Gasteiger partial charge in [-0.05, 0) is 49.8 Å². The molecule has 7 heteroatoms. The van der Waals surface area contributed by atoms with Crippen molar-refractivity contribution in [1.82, 2.24) is 0 Å². The van der Waals surface area contributed by atoms with Crippen molar-refractivity contribution in [2.24, 2.45) is 0 Å². The third-order valence-corrected chi connectivity index (χ3v) is 3.84. The zero-order valence-corrected chi connectivity index (χ0v) is 15.7. The number of benzene rings is 2. The van der Waals surface area contributed by atoms with Crippen LogP contribution in [0.1, 0.15) is 24.2 Å². The fourth-order valence-electron chi connectivity index (χ4n) is 2.50. The van der Waals surface area contributed by atoms with E-state index in [0.29, 0.717) is 11.3 Å². The van der Waals surface area contributed by atoms with Crippen LogP contribution in [0.25, 0.3) is 0 Å². The van der Waals surface area contributed by atoms with E-state index < -0.39 is 24.3 Å². The van der Waals surface area contributed by atoms with Gasteiger partial charge in [-0.2, -0.15) is 0 Å². The molecular formula is C21H23NO6. The van der Waals surface area contributed by atoms with Crippen LogP contribution in [0, 0.1) is 6.92 Å². The van der Waals surface area contributed by atoms with Crippen molar-refractivity contribution in [2.75, 3.05) is 11.9 Å². The minimum absolute atomic E-state index is 0.0562. The summed E-state index contributed by atoms with van der Waals surface area (Å²) in [6.07, 6.45) is -0.191. The van der Waals surface area contributed by atoms with Gasteiger partial charge in [0.1, 0.15) is 11.9 Å². The molecule has 0 aliphatic heterocycles. The zero-order valence-electron chi connectivity index (χ0n) is 15.7. The summed E-state index contributed by atoms with van der Waals surface area (Å²) in [4.78, 5) is 23.3. The second-order valence-electron chi connectivity index (χ2n) is 6.03. The van der Waals surface area contributed by atoms with Gasteiger partial charge in [0.15, 0.2) is 6.10 Å². The largest absolute Gasteiger partial charge is 0.508 e. The average molecular weight is 385 g/mol. The first-order chi connectivity index (χ1) is 13.4. The molecule has 0 unspecified atom stereocenters. The maximum Gasteiger partial charge on any atom is 0.412 e. The third kappa shape index (κ3) is 6.44. The lowest BCUT2D eigenvalue weighted by Crippen LogP contribution is -2.27. The molecule has 0 radical (unpaired) electrons. The highest BCUT2D eigenvalue weighted by molar-refractivity contribution is 5.84. The molecule has 148 valence electrons. The zero-order chi connectivity index (χ0) is 20.5. The summed E-state index contributed by atoms with van der Waals surface area (Å²) < 4.78 is 11.1. The summed E-state index contributed by atoms with van der Waals surface area (Å²) in [5, 5.41) is 21.1. The highest BCUT2D eigenvalue weighted by atomic mass is 16.6. The predicted octanol–water partition coefficient (Wildman–Crippen LogP) is 4.04. The van der Waals surface area contributed by atoms with Crippen molar-refractivity contribution in [3.63, 3.8) is 0 Å². The number of carboxylic acid groups (broad SMARTS) is 1. The van der Waals surface area contributed by atoms with E-state index in [2.05, 4.69) is 5.32 Å². The summed E-state index contributed by atoms with van der Waals surface area (Å²) in [5.74, 6) is -1.08. The Balaban J connectivity index is 2.25. The molecule has 0 aromatic heterocycles. The number of hydrogen-bond donors (Lipinski definition) is 3. The monoisotopic (exact) mass is 385 g/mol. The Bertz CT molecular complexity index is 814. The Hall–Kier alpha value is -3.32. The minimum Gasteiger partial charge on any atom is -0.508 e. The Morgan fingerprint density at radius 2 is 1.75 bits per heavy atom. The molecule has 1 amide bonds. The second-order valence-corrected chi connectivity index (χ2v) is 6.03. The van der Waals surface area contributed by atoms with Gasteiger partial charge in [0.25, 0.3) is 0 Å². The molecular weight excluding hydrogens is 362 g/mol. The van der Waals surface area contributed by atoms with Gasteiger partial charge in [-0.25, -0.2) is 9.59 Å². The number of carboxylic acids is 1. The molecule has 0 aliphatic carbocycles. The number of carbonyl (C=O) groups is 2. The highest BCUT2D eigenvalue weighted by Gasteiger charge is 2.26. The molecule has 28 heavy (non-hydrogen) atoms. The lowest BCUT2D eigenvalue weighted by atomic mass is 10.0. The molecule has 0 spiro atoms. The fraction of sp³-hybridized carbons (Fsp3) is 0.238. The molecule has 2 rings (SSSR count). The fourth-order valence-corrected chi connectivity index (χ4v) is 2.50. The molecule has 7 nitrogen and oxygen atoms in total. The van der Waals surface area contributed by atoms with E-state index in [4.69, 9.17) is 14.6 Å². The minimum atomic E-state index is -1.14. The first kappa shape index (κ1) is 21.0. The molecule has 2 aromatic rings. The van der Waals surface area contributed by atoms with Crippen molar-refractivity contribution >= 4 is 17.7 Å². The van der Waals surface area contributed by atoms with Crippen molar-refractivity contribution in [1.29, 1.82) is 0 Å². The molecule has 3 N–H and O–H groups in total. The van der Waals surface area contributed by atoms with Crippen LogP contribution >= 0.6 is 0 Å². The average Bonchev–Trinajstić information content (AvgIpc) is 2.66. The molecule has 2 atom stereocenters. The number of carbonyl (C=O) groups excluding carboxylic acids is 1. The van der Waals surface area contributed by atoms with Gasteiger partial charge >= 0.3 is 12.1 Å². The van der Waals surface area contributed by atoms with Crippen LogP contribution in [0.4, 0.5) is 10.5 Å². The van der Waals surface area contributed by atoms with Crippen LogP contribution in [0.2, 0.25) is 0 Å². The molecule has 0 heterocycles. The Kier molecular flexibility index (Phi) is 7.59. The first-order valence-corrected chi connectivity index (χ1v) is 8.75. The van der Waals surface area contributed by atoms with E-state index in [0.717, 1.165) is 11.6 Å². The van der Waals surface area contributed by atoms with Crippen molar-refractivity contribution in [3.05, 3.63) is 71.8 Å². The molecule has 2 aromatic carbocycles. The second kappa shape index (κ2) is 10.1. The predicted molar refractivity (Wildman–Crippen MR) is 104 cm³/mol. The van der Waals surface area contributed by atoms with Crippen LogP contribution in [-0.4, -0.2) is 35.0 Å². The van der Waals surface area contributed by atoms with Gasteiger partial charge in [-0.15, -0.1) is 0 Å². The number of nitrogens with one attached hydrogen (secondary N) is 1. The van der Waals surface area contributed by atoms with E-state index in [1.165, 1.54) is 18.2 Å². The van der Waals surface area contributed by atoms with Crippen LogP contribution < -0.4 is 5.32 Å². The van der Waals surface area contributed by atoms with Gasteiger partial charge < -0.3 is 19.7 Å². The van der Waals surface area contributed by atoms with Crippen LogP contribution in [0.3, 0.4) is 0 Å². The molecule has 0 saturated heterocycles. The van der Waals surface area contributed by atoms with Gasteiger partial charge in [0.2, 0.25) is 0 Å². The summed E-state index contributed by atoms with van der Waals surface area (Å²) >= 11 is 0. The van der Waals surface area contributed by atoms with Gasteiger partial charge in [-0.1, -0.05) is 29.8 Å². The Labute approximate surface area is 163 Å². The summed E-state index contributed by atoms with van der Waals surface area (Å²) in [7, 11) is 0. The van der Waals surface area contributed by atoms with E-state index in [9.17, 15) is 14.7 Å². The number of amides is 1. The standard InChI is InChI=1S/C21H23NO6/c1-3-27-18(12-13-19(24)25)20(15-6-10-17(23)11-7-15)28-21(26)22-16-8-4-14(2)5-9-16/h4-13,18,20,23H,3H2,1-2H3,(H,22,26)(H,24,25)/b13-12+/t18-,20-/m1/s1. The van der Waals surface area contributed by atoms with Crippen molar-refractivity contribution < 1.29 is 29.3 Å². The smallest absolute Gasteiger partial charge is 0.412 e. The van der Waals surface area contributed by atoms with Crippen molar-refractivity contribution in [2.45, 2.75) is 26.1 Å². The number of aliphatic carboxylic acids is 1. The van der Waals surface area contributed by atoms with Gasteiger partial charge in [-0.3, -0.25) is 5.32 Å². The third-order valence-electron chi connectivity index (χ3n) is 3.84. The van der Waals surface area contributed by atoms with Gasteiger partial charge in [0.05, 0.1) is 0 Å². The maximum atomic E-state index is 12.4. The lowest BCUT2D eigenvalue weighted by molar-refractivity contribution is -0.131. The van der Waals surface area contributed by atoms with E-state index in [-0.39, 0.29) is 12.4 Å². The number of phenolic OH excluding ortho intramolecular Hbond substituents is 1. The normalized spacial score (nSPS) is 13.1. The number of phenols is 1. The maximum absolute atomic E-state index is 12.4. The SMILES string of the molecule is CCO[C@H](/C=C/C(=O)O)[C@H](OC(=O)Nc1ccc(C)cc1)c1ccc(O)cc1. The Morgan fingerprint density at radius 1 is 1.11 bits per heavy atom. The van der Waals surface area contributed by atoms with E-state index in [1.807, 2.05) is 19.1 Å². The number of rotatable bonds is 8. The summed E-state index contributed by atoms with van der Waals surface area (Å²) in [6, 6.07) is 13.3. The van der Waals surface area contributed by atoms with Crippen molar-refractivity contribution in [3.8, 4) is 5.75 Å². The number of anilines is 1. The van der Waals surface area contributed by atoms with Crippen LogP contribution in [0.15, 0.2) is 60.7 Å². The molecule has 0 fully saturated rings. The van der Waals surface area contributed by atoms with Gasteiger partial charge in [0, 0.05) is 18.4 Å². The number of aryl methyl sites for hydroxylation is 1. The topological polar surface area (TPSA) is 105 Å². The summed E-state index contributed by atoms with van der Waals surface area (Å²) in [6.45, 7) is 3.97.